The van der Waals surface area contributed by atoms with E-state index in [0.717, 1.165) is 32.1 Å². The van der Waals surface area contributed by atoms with Gasteiger partial charge in [0.2, 0.25) is 0 Å². The van der Waals surface area contributed by atoms with Crippen molar-refractivity contribution in [3.63, 3.8) is 0 Å². The van der Waals surface area contributed by atoms with Crippen LogP contribution in [0.3, 0.4) is 0 Å². The summed E-state index contributed by atoms with van der Waals surface area (Å²) in [5.74, 6) is 2.66. The van der Waals surface area contributed by atoms with Crippen molar-refractivity contribution in [1.29, 1.82) is 0 Å². The van der Waals surface area contributed by atoms with E-state index in [-0.39, 0.29) is 10.8 Å². The molecule has 0 aromatic carbocycles. The molecule has 21 heavy (non-hydrogen) atoms. The zero-order valence-electron chi connectivity index (χ0n) is 12.7. The maximum atomic E-state index is 12.3. The zero-order chi connectivity index (χ0) is 14.4. The van der Waals surface area contributed by atoms with Gasteiger partial charge in [-0.15, -0.1) is 0 Å². The minimum absolute atomic E-state index is 0.0804. The fraction of sp³-hybridized carbons (Fsp3) is 0.684. The Morgan fingerprint density at radius 3 is 2.90 bits per heavy atom. The van der Waals surface area contributed by atoms with Crippen LogP contribution in [-0.4, -0.2) is 11.6 Å². The lowest BCUT2D eigenvalue weighted by atomic mass is 9.40. The third-order valence-electron chi connectivity index (χ3n) is 7.56. The number of fused-ring (bicyclic) bond motifs is 1. The first kappa shape index (κ1) is 12.4. The van der Waals surface area contributed by atoms with E-state index < -0.39 is 0 Å². The molecule has 0 heterocycles. The van der Waals surface area contributed by atoms with Gasteiger partial charge in [0.05, 0.1) is 0 Å². The molecule has 0 unspecified atom stereocenters. The predicted octanol–water partition coefficient (Wildman–Crippen LogP) is 3.62. The molecular formula is C19H22O2. The molecular weight excluding hydrogens is 260 g/mol. The molecule has 0 radical (unpaired) electrons. The second kappa shape index (κ2) is 3.59. The van der Waals surface area contributed by atoms with E-state index in [1.807, 2.05) is 6.08 Å². The number of carbonyl (C=O) groups is 2. The largest absolute Gasteiger partial charge is 0.299 e. The van der Waals surface area contributed by atoms with Crippen molar-refractivity contribution in [2.24, 2.45) is 28.6 Å². The van der Waals surface area contributed by atoms with Gasteiger partial charge in [-0.1, -0.05) is 24.1 Å². The molecule has 6 rings (SSSR count). The number of rotatable bonds is 0. The summed E-state index contributed by atoms with van der Waals surface area (Å²) in [5.41, 5.74) is 3.24. The van der Waals surface area contributed by atoms with E-state index in [1.165, 1.54) is 18.4 Å². The standard InChI is InChI=1S/C19H22O2/c1-18-6-5-15-13(14(18)2-3-17(18)21)8-11-10-19(15)7-4-12(20)9-16(11)19/h5,9,11,13-14H,2-4,6-8,10H2,1H3/t11-,13-,14-,18-,19-/m0/s1. The monoisotopic (exact) mass is 282 g/mol. The van der Waals surface area contributed by atoms with Gasteiger partial charge < -0.3 is 0 Å². The van der Waals surface area contributed by atoms with Crippen molar-refractivity contribution in [2.45, 2.75) is 51.9 Å². The van der Waals surface area contributed by atoms with E-state index in [4.69, 9.17) is 0 Å². The van der Waals surface area contributed by atoms with Crippen molar-refractivity contribution in [2.75, 3.05) is 0 Å². The van der Waals surface area contributed by atoms with E-state index >= 15 is 0 Å². The summed E-state index contributed by atoms with van der Waals surface area (Å²) in [7, 11) is 0. The summed E-state index contributed by atoms with van der Waals surface area (Å²) in [6.07, 6.45) is 11.4. The van der Waals surface area contributed by atoms with Gasteiger partial charge in [-0.3, -0.25) is 9.59 Å². The summed E-state index contributed by atoms with van der Waals surface area (Å²) in [4.78, 5) is 24.1. The summed E-state index contributed by atoms with van der Waals surface area (Å²) in [5, 5.41) is 0. The smallest absolute Gasteiger partial charge is 0.155 e. The van der Waals surface area contributed by atoms with Crippen LogP contribution >= 0.6 is 0 Å². The van der Waals surface area contributed by atoms with Crippen molar-refractivity contribution >= 4 is 11.6 Å². The van der Waals surface area contributed by atoms with Gasteiger partial charge in [0.15, 0.2) is 5.78 Å². The minimum atomic E-state index is -0.0804. The molecule has 4 fully saturated rings. The molecule has 2 heteroatoms. The maximum absolute atomic E-state index is 12.3. The van der Waals surface area contributed by atoms with Gasteiger partial charge in [-0.05, 0) is 55.9 Å². The summed E-state index contributed by atoms with van der Waals surface area (Å²) in [6.45, 7) is 2.21. The SMILES string of the molecule is C[C@]12CC=C3[C@@H](C[C@H]4C[C@@]35CCC(=O)C=C45)[C@@H]1CCC2=O. The molecule has 110 valence electrons. The van der Waals surface area contributed by atoms with Crippen molar-refractivity contribution in [1.82, 2.24) is 0 Å². The number of hydrogen-bond acceptors (Lipinski definition) is 2. The Kier molecular flexibility index (Phi) is 2.11. The highest BCUT2D eigenvalue weighted by molar-refractivity contribution is 5.93. The first-order chi connectivity index (χ1) is 10.0. The molecule has 6 aliphatic carbocycles. The molecule has 0 aromatic heterocycles. The Hall–Kier alpha value is -1.18. The average molecular weight is 282 g/mol. The average Bonchev–Trinajstić information content (AvgIpc) is 2.77. The Labute approximate surface area is 125 Å². The van der Waals surface area contributed by atoms with Gasteiger partial charge in [0, 0.05) is 23.7 Å². The second-order valence-electron chi connectivity index (χ2n) is 8.24. The Balaban J connectivity index is 1.62. The molecule has 2 bridgehead atoms. The highest BCUT2D eigenvalue weighted by Crippen LogP contribution is 2.71. The highest BCUT2D eigenvalue weighted by Gasteiger charge is 2.63. The number of hydrogen-bond donors (Lipinski definition) is 0. The third-order valence-corrected chi connectivity index (χ3v) is 7.56. The number of ketones is 2. The maximum Gasteiger partial charge on any atom is 0.155 e. The van der Waals surface area contributed by atoms with E-state index in [2.05, 4.69) is 13.0 Å². The molecule has 4 saturated carbocycles. The zero-order valence-corrected chi connectivity index (χ0v) is 12.7. The second-order valence-corrected chi connectivity index (χ2v) is 8.24. The lowest BCUT2D eigenvalue weighted by molar-refractivity contribution is -0.127. The molecule has 0 aliphatic heterocycles. The Morgan fingerprint density at radius 2 is 2.05 bits per heavy atom. The van der Waals surface area contributed by atoms with E-state index in [9.17, 15) is 9.59 Å². The molecule has 2 nitrogen and oxygen atoms in total. The third kappa shape index (κ3) is 1.27. The van der Waals surface area contributed by atoms with Crippen LogP contribution in [0.15, 0.2) is 23.3 Å². The molecule has 6 aliphatic rings. The first-order valence-electron chi connectivity index (χ1n) is 8.53. The van der Waals surface area contributed by atoms with Crippen molar-refractivity contribution < 1.29 is 9.59 Å². The van der Waals surface area contributed by atoms with Crippen LogP contribution in [0.5, 0.6) is 0 Å². The lowest BCUT2D eigenvalue weighted by Crippen LogP contribution is -2.55. The number of Topliss-reactive ketones (excluding diaryl/α,β-unsaturated/α-hetero) is 1. The van der Waals surface area contributed by atoms with Crippen LogP contribution in [0.2, 0.25) is 0 Å². The minimum Gasteiger partial charge on any atom is -0.299 e. The quantitative estimate of drug-likeness (QED) is 0.636. The first-order valence-corrected chi connectivity index (χ1v) is 8.53. The normalized spacial score (nSPS) is 50.4. The number of allylic oxidation sites excluding steroid dienone is 4. The molecule has 0 saturated heterocycles. The van der Waals surface area contributed by atoms with E-state index in [0.29, 0.717) is 29.3 Å². The van der Waals surface area contributed by atoms with Crippen molar-refractivity contribution in [3.8, 4) is 0 Å². The predicted molar refractivity (Wildman–Crippen MR) is 79.5 cm³/mol. The molecule has 0 amide bonds. The summed E-state index contributed by atoms with van der Waals surface area (Å²) in [6, 6.07) is 0. The van der Waals surface area contributed by atoms with E-state index in [1.54, 1.807) is 5.57 Å². The molecule has 0 aromatic rings. The van der Waals surface area contributed by atoms with Gasteiger partial charge >= 0.3 is 0 Å². The molecule has 1 spiro atoms. The Morgan fingerprint density at radius 1 is 1.19 bits per heavy atom. The van der Waals surface area contributed by atoms with Crippen LogP contribution in [0.25, 0.3) is 0 Å². The van der Waals surface area contributed by atoms with Gasteiger partial charge in [-0.25, -0.2) is 0 Å². The van der Waals surface area contributed by atoms with Gasteiger partial charge in [0.25, 0.3) is 0 Å². The summed E-state index contributed by atoms with van der Waals surface area (Å²) >= 11 is 0. The topological polar surface area (TPSA) is 34.1 Å². The number of carbonyl (C=O) groups excluding carboxylic acids is 2. The van der Waals surface area contributed by atoms with Crippen LogP contribution < -0.4 is 0 Å². The fourth-order valence-electron chi connectivity index (χ4n) is 6.48. The van der Waals surface area contributed by atoms with Gasteiger partial charge in [-0.2, -0.15) is 0 Å². The van der Waals surface area contributed by atoms with Crippen LogP contribution in [0, 0.1) is 28.6 Å². The highest BCUT2D eigenvalue weighted by atomic mass is 16.1. The van der Waals surface area contributed by atoms with Crippen LogP contribution in [-0.2, 0) is 9.59 Å². The molecule has 0 N–H and O–H groups in total. The fourth-order valence-corrected chi connectivity index (χ4v) is 6.48. The molecule has 5 atom stereocenters. The van der Waals surface area contributed by atoms with Crippen LogP contribution in [0.4, 0.5) is 0 Å². The van der Waals surface area contributed by atoms with Crippen molar-refractivity contribution in [3.05, 3.63) is 23.3 Å². The van der Waals surface area contributed by atoms with Crippen LogP contribution in [0.1, 0.15) is 51.9 Å². The Bertz CT molecular complexity index is 640. The lowest BCUT2D eigenvalue weighted by Gasteiger charge is -2.64. The summed E-state index contributed by atoms with van der Waals surface area (Å²) < 4.78 is 0. The van der Waals surface area contributed by atoms with Gasteiger partial charge in [0.1, 0.15) is 5.78 Å².